The lowest BCUT2D eigenvalue weighted by molar-refractivity contribution is -0.348. The van der Waals surface area contributed by atoms with Gasteiger partial charge in [-0.15, -0.1) is 0 Å². The molecule has 33 heavy (non-hydrogen) atoms. The molecule has 1 fully saturated rings. The van der Waals surface area contributed by atoms with E-state index in [9.17, 15) is 40.6 Å². The topological polar surface area (TPSA) is 49.3 Å². The largest absolute Gasteiger partial charge is 0.435 e. The summed E-state index contributed by atoms with van der Waals surface area (Å²) in [5.74, 6) is -0.970. The van der Waals surface area contributed by atoms with Crippen molar-refractivity contribution in [3.05, 3.63) is 34.9 Å². The van der Waals surface area contributed by atoms with Crippen molar-refractivity contribution in [3.8, 4) is 0 Å². The Hall–Kier alpha value is -1.84. The lowest BCUT2D eigenvalue weighted by Gasteiger charge is -2.34. The van der Waals surface area contributed by atoms with Gasteiger partial charge in [0.25, 0.3) is 0 Å². The molecule has 0 aliphatic heterocycles. The summed E-state index contributed by atoms with van der Waals surface area (Å²) in [5, 5.41) is 12.9. The van der Waals surface area contributed by atoms with Crippen LogP contribution in [0, 0.1) is 17.8 Å². The Morgan fingerprint density at radius 2 is 1.67 bits per heavy atom. The first-order chi connectivity index (χ1) is 15.0. The van der Waals surface area contributed by atoms with E-state index < -0.39 is 29.2 Å². The van der Waals surface area contributed by atoms with E-state index in [4.69, 9.17) is 0 Å². The molecule has 1 aromatic rings. The van der Waals surface area contributed by atoms with Gasteiger partial charge in [-0.05, 0) is 62.5 Å². The van der Waals surface area contributed by atoms with Crippen LogP contribution in [0.2, 0.25) is 0 Å². The molecule has 2 aliphatic carbocycles. The highest BCUT2D eigenvalue weighted by Gasteiger charge is 2.73. The smallest absolute Gasteiger partial charge is 0.390 e. The van der Waals surface area contributed by atoms with Crippen molar-refractivity contribution in [1.82, 2.24) is 5.32 Å². The Kier molecular flexibility index (Phi) is 6.58. The molecule has 2 N–H and O–H groups in total. The average Bonchev–Trinajstić information content (AvgIpc) is 3.12. The van der Waals surface area contributed by atoms with E-state index in [1.165, 1.54) is 0 Å². The first-order valence-electron chi connectivity index (χ1n) is 10.9. The third kappa shape index (κ3) is 4.59. The summed E-state index contributed by atoms with van der Waals surface area (Å²) in [4.78, 5) is 12.8. The fraction of sp³-hybridized carbons (Fsp3) is 0.696. The Labute approximate surface area is 187 Å². The monoisotopic (exact) mass is 483 g/mol. The molecule has 0 bridgehead atoms. The van der Waals surface area contributed by atoms with Crippen LogP contribution < -0.4 is 5.32 Å². The van der Waals surface area contributed by atoms with Crippen molar-refractivity contribution >= 4 is 5.91 Å². The van der Waals surface area contributed by atoms with Crippen molar-refractivity contribution < 1.29 is 40.6 Å². The number of carbonyl (C=O) groups is 1. The Morgan fingerprint density at radius 3 is 2.21 bits per heavy atom. The predicted octanol–water partition coefficient (Wildman–Crippen LogP) is 5.56. The Bertz CT molecular complexity index is 874. The number of aliphatic hydroxyl groups is 1. The number of halogens is 7. The molecule has 2 aliphatic rings. The molecule has 1 saturated carbocycles. The first kappa shape index (κ1) is 25.8. The summed E-state index contributed by atoms with van der Waals surface area (Å²) in [7, 11) is 0. The molecule has 4 atom stereocenters. The van der Waals surface area contributed by atoms with Gasteiger partial charge in [0.2, 0.25) is 5.91 Å². The molecule has 10 heteroatoms. The van der Waals surface area contributed by atoms with Gasteiger partial charge in [-0.1, -0.05) is 25.1 Å². The maximum Gasteiger partial charge on any atom is 0.435 e. The Morgan fingerprint density at radius 1 is 1.06 bits per heavy atom. The molecule has 0 saturated heterocycles. The van der Waals surface area contributed by atoms with Gasteiger partial charge in [0.15, 0.2) is 0 Å². The second kappa shape index (κ2) is 8.43. The quantitative estimate of drug-likeness (QED) is 0.540. The van der Waals surface area contributed by atoms with Crippen LogP contribution in [0.3, 0.4) is 0 Å². The van der Waals surface area contributed by atoms with Crippen molar-refractivity contribution in [2.24, 2.45) is 17.8 Å². The fourth-order valence-electron chi connectivity index (χ4n) is 5.02. The van der Waals surface area contributed by atoms with Crippen LogP contribution in [0.4, 0.5) is 30.7 Å². The van der Waals surface area contributed by atoms with Crippen molar-refractivity contribution in [2.75, 3.05) is 6.54 Å². The first-order valence-corrected chi connectivity index (χ1v) is 10.9. The SMILES string of the molecule is CC(CNC(=O)[C@@H]1CC[C@H]2c3ccc(C(F)(C(F)(F)F)C(F)(F)F)cc3CC[C@@H]12)C(C)(C)O. The zero-order valence-electron chi connectivity index (χ0n) is 18.6. The molecular formula is C23H28F7NO2. The van der Waals surface area contributed by atoms with Gasteiger partial charge in [0.1, 0.15) is 0 Å². The number of carbonyl (C=O) groups excluding carboxylic acids is 1. The molecule has 1 amide bonds. The summed E-state index contributed by atoms with van der Waals surface area (Å²) in [6.07, 6.45) is -10.6. The van der Waals surface area contributed by atoms with Gasteiger partial charge >= 0.3 is 18.0 Å². The second-order valence-corrected chi connectivity index (χ2v) is 9.86. The maximum absolute atomic E-state index is 14.5. The maximum atomic E-state index is 14.5. The lowest BCUT2D eigenvalue weighted by Crippen LogP contribution is -2.50. The number of hydrogen-bond donors (Lipinski definition) is 2. The number of benzene rings is 1. The second-order valence-electron chi connectivity index (χ2n) is 9.86. The van der Waals surface area contributed by atoms with E-state index in [1.807, 2.05) is 0 Å². The molecule has 0 heterocycles. The minimum absolute atomic E-state index is 0.0961. The molecule has 1 aromatic carbocycles. The van der Waals surface area contributed by atoms with Crippen molar-refractivity contribution in [3.63, 3.8) is 0 Å². The predicted molar refractivity (Wildman–Crippen MR) is 107 cm³/mol. The van der Waals surface area contributed by atoms with E-state index in [-0.39, 0.29) is 48.1 Å². The zero-order chi connectivity index (χ0) is 25.0. The molecule has 186 valence electrons. The van der Waals surface area contributed by atoms with Crippen molar-refractivity contribution in [1.29, 1.82) is 0 Å². The molecule has 1 unspecified atom stereocenters. The standard InChI is InChI=1S/C23H28F7NO2/c1-12(20(2,3)33)11-31-19(32)18-9-8-16-15-7-5-14(10-13(15)4-6-17(16)18)21(24,22(25,26)27)23(28,29)30/h5,7,10,12,16-18,33H,4,6,8-9,11H2,1-3H3,(H,31,32)/t12?,16-,17+,18+/m0/s1. The van der Waals surface area contributed by atoms with Gasteiger partial charge in [-0.2, -0.15) is 26.3 Å². The van der Waals surface area contributed by atoms with Crippen LogP contribution in [-0.2, 0) is 16.9 Å². The molecule has 3 nitrogen and oxygen atoms in total. The van der Waals surface area contributed by atoms with Gasteiger partial charge in [-0.25, -0.2) is 4.39 Å². The molecule has 0 spiro atoms. The van der Waals surface area contributed by atoms with Crippen LogP contribution in [0.25, 0.3) is 0 Å². The highest BCUT2D eigenvalue weighted by molar-refractivity contribution is 5.79. The summed E-state index contributed by atoms with van der Waals surface area (Å²) < 4.78 is 93.2. The highest BCUT2D eigenvalue weighted by atomic mass is 19.4. The van der Waals surface area contributed by atoms with Crippen LogP contribution >= 0.6 is 0 Å². The number of alkyl halides is 7. The number of aryl methyl sites for hydroxylation is 1. The zero-order valence-corrected chi connectivity index (χ0v) is 18.6. The van der Waals surface area contributed by atoms with Gasteiger partial charge in [0.05, 0.1) is 5.60 Å². The number of nitrogens with one attached hydrogen (secondary N) is 1. The van der Waals surface area contributed by atoms with E-state index in [0.29, 0.717) is 37.0 Å². The molecule has 0 radical (unpaired) electrons. The van der Waals surface area contributed by atoms with Crippen LogP contribution in [0.15, 0.2) is 18.2 Å². The van der Waals surface area contributed by atoms with Crippen LogP contribution in [0.1, 0.15) is 62.6 Å². The van der Waals surface area contributed by atoms with E-state index in [2.05, 4.69) is 5.32 Å². The van der Waals surface area contributed by atoms with E-state index >= 15 is 0 Å². The summed E-state index contributed by atoms with van der Waals surface area (Å²) in [6.45, 7) is 5.37. The minimum Gasteiger partial charge on any atom is -0.390 e. The number of hydrogen-bond acceptors (Lipinski definition) is 2. The summed E-state index contributed by atoms with van der Waals surface area (Å²) in [5.41, 5.74) is -7.03. The third-order valence-electron chi connectivity index (χ3n) is 7.42. The number of amides is 1. The van der Waals surface area contributed by atoms with E-state index in [0.717, 1.165) is 6.07 Å². The molecule has 0 aromatic heterocycles. The highest BCUT2D eigenvalue weighted by Crippen LogP contribution is 2.55. The average molecular weight is 483 g/mol. The minimum atomic E-state index is -6.15. The van der Waals surface area contributed by atoms with Crippen LogP contribution in [0.5, 0.6) is 0 Å². The number of rotatable bonds is 5. The molecular weight excluding hydrogens is 455 g/mol. The van der Waals surface area contributed by atoms with Gasteiger partial charge in [0, 0.05) is 23.9 Å². The number of fused-ring (bicyclic) bond motifs is 3. The molecule has 3 rings (SSSR count). The fourth-order valence-corrected chi connectivity index (χ4v) is 5.02. The lowest BCUT2D eigenvalue weighted by atomic mass is 9.73. The third-order valence-corrected chi connectivity index (χ3v) is 7.42. The van der Waals surface area contributed by atoms with E-state index in [1.54, 1.807) is 20.8 Å². The van der Waals surface area contributed by atoms with Crippen molar-refractivity contribution in [2.45, 2.75) is 76.0 Å². The normalized spacial score (nSPS) is 24.8. The van der Waals surface area contributed by atoms with Crippen LogP contribution in [-0.4, -0.2) is 35.5 Å². The summed E-state index contributed by atoms with van der Waals surface area (Å²) >= 11 is 0. The van der Waals surface area contributed by atoms with Gasteiger partial charge in [-0.3, -0.25) is 4.79 Å². The van der Waals surface area contributed by atoms with Gasteiger partial charge < -0.3 is 10.4 Å². The summed E-state index contributed by atoms with van der Waals surface area (Å²) in [6, 6.07) is 2.41. The Balaban J connectivity index is 1.81.